The first-order valence-electron chi connectivity index (χ1n) is 7.24. The quantitative estimate of drug-likeness (QED) is 0.718. The molecule has 1 aromatic carbocycles. The average Bonchev–Trinajstić information content (AvgIpc) is 2.32. The molecule has 1 rings (SSSR count). The summed E-state index contributed by atoms with van der Waals surface area (Å²) in [5.74, 6) is 0.833. The Kier molecular flexibility index (Phi) is 6.14. The van der Waals surface area contributed by atoms with E-state index in [9.17, 15) is 0 Å². The fourth-order valence-corrected chi connectivity index (χ4v) is 2.28. The maximum atomic E-state index is 5.92. The van der Waals surface area contributed by atoms with Gasteiger partial charge in [0, 0.05) is 36.6 Å². The summed E-state index contributed by atoms with van der Waals surface area (Å²) in [5.41, 5.74) is 7.86. The highest BCUT2D eigenvalue weighted by atomic mass is 16.5. The SMILES string of the molecule is CCCOc1cc(N)cc(NCC(C)(C)CN(C)C)c1. The van der Waals surface area contributed by atoms with Crippen LogP contribution in [0.5, 0.6) is 5.75 Å². The lowest BCUT2D eigenvalue weighted by atomic mass is 9.93. The Morgan fingerprint density at radius 2 is 1.95 bits per heavy atom. The molecular formula is C16H29N3O. The molecule has 0 amide bonds. The molecule has 0 aromatic heterocycles. The number of hydrogen-bond donors (Lipinski definition) is 2. The minimum atomic E-state index is 0.193. The molecular weight excluding hydrogens is 250 g/mol. The molecule has 0 bridgehead atoms. The molecule has 20 heavy (non-hydrogen) atoms. The Balaban J connectivity index is 2.65. The maximum Gasteiger partial charge on any atom is 0.123 e. The van der Waals surface area contributed by atoms with Gasteiger partial charge in [0.2, 0.25) is 0 Å². The van der Waals surface area contributed by atoms with E-state index in [0.29, 0.717) is 0 Å². The molecule has 1 aromatic rings. The molecule has 0 spiro atoms. The fourth-order valence-electron chi connectivity index (χ4n) is 2.28. The van der Waals surface area contributed by atoms with E-state index in [4.69, 9.17) is 10.5 Å². The minimum absolute atomic E-state index is 0.193. The van der Waals surface area contributed by atoms with Gasteiger partial charge in [-0.2, -0.15) is 0 Å². The second-order valence-electron chi connectivity index (χ2n) is 6.39. The summed E-state index contributed by atoms with van der Waals surface area (Å²) in [5, 5.41) is 3.46. The van der Waals surface area contributed by atoms with Crippen LogP contribution in [0, 0.1) is 5.41 Å². The molecule has 0 unspecified atom stereocenters. The first-order chi connectivity index (χ1) is 9.32. The van der Waals surface area contributed by atoms with E-state index in [2.05, 4.69) is 45.1 Å². The molecule has 0 aliphatic heterocycles. The van der Waals surface area contributed by atoms with E-state index in [1.807, 2.05) is 18.2 Å². The number of hydrogen-bond acceptors (Lipinski definition) is 4. The third-order valence-electron chi connectivity index (χ3n) is 2.92. The topological polar surface area (TPSA) is 50.5 Å². The van der Waals surface area contributed by atoms with Crippen LogP contribution in [0.2, 0.25) is 0 Å². The lowest BCUT2D eigenvalue weighted by Gasteiger charge is -2.29. The van der Waals surface area contributed by atoms with Crippen molar-refractivity contribution in [2.45, 2.75) is 27.2 Å². The number of nitrogens with one attached hydrogen (secondary N) is 1. The summed E-state index contributed by atoms with van der Waals surface area (Å²) in [6.45, 7) is 9.23. The van der Waals surface area contributed by atoms with Crippen molar-refractivity contribution in [3.63, 3.8) is 0 Å². The number of ether oxygens (including phenoxy) is 1. The normalized spacial score (nSPS) is 11.7. The monoisotopic (exact) mass is 279 g/mol. The summed E-state index contributed by atoms with van der Waals surface area (Å²) >= 11 is 0. The number of benzene rings is 1. The van der Waals surface area contributed by atoms with Crippen LogP contribution in [-0.4, -0.2) is 38.7 Å². The predicted octanol–water partition coefficient (Wildman–Crippen LogP) is 3.06. The van der Waals surface area contributed by atoms with Gasteiger partial charge in [-0.05, 0) is 32.0 Å². The Morgan fingerprint density at radius 1 is 1.25 bits per heavy atom. The van der Waals surface area contributed by atoms with Crippen molar-refractivity contribution in [2.24, 2.45) is 5.41 Å². The molecule has 0 heterocycles. The second kappa shape index (κ2) is 7.39. The van der Waals surface area contributed by atoms with E-state index in [-0.39, 0.29) is 5.41 Å². The highest BCUT2D eigenvalue weighted by Crippen LogP contribution is 2.24. The predicted molar refractivity (Wildman–Crippen MR) is 87.5 cm³/mol. The maximum absolute atomic E-state index is 5.92. The highest BCUT2D eigenvalue weighted by molar-refractivity contribution is 5.59. The molecule has 0 atom stereocenters. The molecule has 0 aliphatic rings. The number of nitrogens with zero attached hydrogens (tertiary/aromatic N) is 1. The van der Waals surface area contributed by atoms with Gasteiger partial charge in [-0.15, -0.1) is 0 Å². The van der Waals surface area contributed by atoms with E-state index >= 15 is 0 Å². The zero-order valence-electron chi connectivity index (χ0n) is 13.5. The van der Waals surface area contributed by atoms with Crippen molar-refractivity contribution in [3.8, 4) is 5.75 Å². The molecule has 114 valence electrons. The summed E-state index contributed by atoms with van der Waals surface area (Å²) in [4.78, 5) is 2.21. The van der Waals surface area contributed by atoms with Crippen molar-refractivity contribution in [1.82, 2.24) is 4.90 Å². The molecule has 0 saturated heterocycles. The molecule has 4 heteroatoms. The van der Waals surface area contributed by atoms with Crippen LogP contribution in [0.15, 0.2) is 18.2 Å². The van der Waals surface area contributed by atoms with Crippen molar-refractivity contribution in [2.75, 3.05) is 44.8 Å². The number of nitrogen functional groups attached to an aromatic ring is 1. The van der Waals surface area contributed by atoms with Gasteiger partial charge in [0.15, 0.2) is 0 Å². The average molecular weight is 279 g/mol. The van der Waals surface area contributed by atoms with Crippen LogP contribution in [0.1, 0.15) is 27.2 Å². The standard InChI is InChI=1S/C16H29N3O/c1-6-7-20-15-9-13(17)8-14(10-15)18-11-16(2,3)12-19(4)5/h8-10,18H,6-7,11-12,17H2,1-5H3. The Labute approximate surface area is 123 Å². The van der Waals surface area contributed by atoms with Crippen LogP contribution in [0.4, 0.5) is 11.4 Å². The van der Waals surface area contributed by atoms with Crippen molar-refractivity contribution in [3.05, 3.63) is 18.2 Å². The molecule has 4 nitrogen and oxygen atoms in total. The molecule has 3 N–H and O–H groups in total. The molecule has 0 saturated carbocycles. The Morgan fingerprint density at radius 3 is 2.55 bits per heavy atom. The summed E-state index contributed by atoms with van der Waals surface area (Å²) in [6, 6.07) is 5.83. The number of rotatable bonds is 8. The van der Waals surface area contributed by atoms with Crippen molar-refractivity contribution < 1.29 is 4.74 Å². The van der Waals surface area contributed by atoms with Crippen LogP contribution in [-0.2, 0) is 0 Å². The van der Waals surface area contributed by atoms with Gasteiger partial charge in [0.25, 0.3) is 0 Å². The summed E-state index contributed by atoms with van der Waals surface area (Å²) < 4.78 is 5.64. The zero-order valence-corrected chi connectivity index (χ0v) is 13.5. The fraction of sp³-hybridized carbons (Fsp3) is 0.625. The summed E-state index contributed by atoms with van der Waals surface area (Å²) in [6.07, 6.45) is 0.993. The largest absolute Gasteiger partial charge is 0.493 e. The number of nitrogens with two attached hydrogens (primary N) is 1. The smallest absolute Gasteiger partial charge is 0.123 e. The van der Waals surface area contributed by atoms with Crippen LogP contribution >= 0.6 is 0 Å². The van der Waals surface area contributed by atoms with Crippen molar-refractivity contribution in [1.29, 1.82) is 0 Å². The Bertz CT molecular complexity index is 416. The van der Waals surface area contributed by atoms with E-state index in [0.717, 1.165) is 43.2 Å². The first kappa shape index (κ1) is 16.6. The van der Waals surface area contributed by atoms with Crippen LogP contribution in [0.3, 0.4) is 0 Å². The van der Waals surface area contributed by atoms with Gasteiger partial charge in [-0.3, -0.25) is 0 Å². The van der Waals surface area contributed by atoms with Gasteiger partial charge in [0.1, 0.15) is 5.75 Å². The Hall–Kier alpha value is -1.42. The highest BCUT2D eigenvalue weighted by Gasteiger charge is 2.18. The zero-order chi connectivity index (χ0) is 15.2. The third-order valence-corrected chi connectivity index (χ3v) is 2.92. The molecule has 0 fully saturated rings. The van der Waals surface area contributed by atoms with Gasteiger partial charge < -0.3 is 20.7 Å². The molecule has 0 radical (unpaired) electrons. The first-order valence-corrected chi connectivity index (χ1v) is 7.24. The van der Waals surface area contributed by atoms with Crippen LogP contribution in [0.25, 0.3) is 0 Å². The van der Waals surface area contributed by atoms with E-state index in [1.165, 1.54) is 0 Å². The minimum Gasteiger partial charge on any atom is -0.493 e. The third kappa shape index (κ3) is 6.15. The second-order valence-corrected chi connectivity index (χ2v) is 6.39. The van der Waals surface area contributed by atoms with Gasteiger partial charge >= 0.3 is 0 Å². The lowest BCUT2D eigenvalue weighted by molar-refractivity contribution is 0.254. The molecule has 0 aliphatic carbocycles. The van der Waals surface area contributed by atoms with Crippen molar-refractivity contribution >= 4 is 11.4 Å². The lowest BCUT2D eigenvalue weighted by Crippen LogP contribution is -2.34. The van der Waals surface area contributed by atoms with Gasteiger partial charge in [0.05, 0.1) is 6.61 Å². The van der Waals surface area contributed by atoms with Gasteiger partial charge in [-0.25, -0.2) is 0 Å². The van der Waals surface area contributed by atoms with Crippen LogP contribution < -0.4 is 15.8 Å². The van der Waals surface area contributed by atoms with Gasteiger partial charge in [-0.1, -0.05) is 20.8 Å². The van der Waals surface area contributed by atoms with E-state index < -0.39 is 0 Å². The van der Waals surface area contributed by atoms with E-state index in [1.54, 1.807) is 0 Å². The summed E-state index contributed by atoms with van der Waals surface area (Å²) in [7, 11) is 4.19. The number of anilines is 2.